The van der Waals surface area contributed by atoms with Crippen LogP contribution in [0.5, 0.6) is 0 Å². The largest absolute Gasteiger partial charge is 0.481 e. The van der Waals surface area contributed by atoms with E-state index < -0.39 is 11.4 Å². The predicted octanol–water partition coefficient (Wildman–Crippen LogP) is 2.21. The van der Waals surface area contributed by atoms with Crippen molar-refractivity contribution in [3.05, 3.63) is 11.6 Å². The third-order valence-corrected chi connectivity index (χ3v) is 2.28. The molecule has 0 heterocycles. The molecule has 0 bridgehead atoms. The molecule has 11 heavy (non-hydrogen) atoms. The van der Waals surface area contributed by atoms with Gasteiger partial charge in [-0.3, -0.25) is 4.79 Å². The smallest absolute Gasteiger partial charge is 0.313 e. The van der Waals surface area contributed by atoms with Crippen LogP contribution in [0.15, 0.2) is 11.6 Å². The first-order valence-corrected chi connectivity index (χ1v) is 4.04. The lowest BCUT2D eigenvalue weighted by atomic mass is 10.1. The molecule has 62 valence electrons. The van der Waals surface area contributed by atoms with E-state index in [-0.39, 0.29) is 0 Å². The molecular formula is C9H14O2. The van der Waals surface area contributed by atoms with Crippen molar-refractivity contribution in [3.8, 4) is 0 Å². The second-order valence-corrected chi connectivity index (χ2v) is 3.33. The first-order chi connectivity index (χ1) is 5.11. The van der Waals surface area contributed by atoms with Crippen LogP contribution in [0.3, 0.4) is 0 Å². The molecule has 0 amide bonds. The van der Waals surface area contributed by atoms with Crippen LogP contribution in [0.25, 0.3) is 0 Å². The van der Waals surface area contributed by atoms with Gasteiger partial charge in [-0.15, -0.1) is 0 Å². The highest BCUT2D eigenvalue weighted by atomic mass is 16.4. The van der Waals surface area contributed by atoms with Crippen LogP contribution >= 0.6 is 0 Å². The summed E-state index contributed by atoms with van der Waals surface area (Å²) >= 11 is 0. The molecule has 1 fully saturated rings. The van der Waals surface area contributed by atoms with Gasteiger partial charge in [-0.1, -0.05) is 25.0 Å². The number of aliphatic carboxylic acids is 1. The molecule has 1 N–H and O–H groups in total. The average molecular weight is 154 g/mol. The molecule has 0 aromatic carbocycles. The molecule has 0 aromatic rings. The van der Waals surface area contributed by atoms with Gasteiger partial charge in [-0.05, 0) is 19.8 Å². The zero-order valence-electron chi connectivity index (χ0n) is 7.05. The Morgan fingerprint density at radius 2 is 2.45 bits per heavy atom. The number of carboxylic acids is 1. The minimum atomic E-state index is -0.681. The number of allylic oxidation sites excluding steroid dienone is 1. The maximum Gasteiger partial charge on any atom is 0.313 e. The van der Waals surface area contributed by atoms with E-state index in [0.717, 1.165) is 24.8 Å². The number of carbonyl (C=O) groups is 1. The zero-order valence-corrected chi connectivity index (χ0v) is 7.05. The molecule has 0 aliphatic heterocycles. The van der Waals surface area contributed by atoms with Crippen molar-refractivity contribution in [3.63, 3.8) is 0 Å². The van der Waals surface area contributed by atoms with Gasteiger partial charge < -0.3 is 5.11 Å². The van der Waals surface area contributed by atoms with Crippen molar-refractivity contribution in [1.82, 2.24) is 0 Å². The van der Waals surface area contributed by atoms with Crippen molar-refractivity contribution < 1.29 is 9.90 Å². The number of carboxylic acid groups (broad SMARTS) is 1. The van der Waals surface area contributed by atoms with E-state index >= 15 is 0 Å². The van der Waals surface area contributed by atoms with E-state index in [2.05, 4.69) is 13.0 Å². The van der Waals surface area contributed by atoms with Crippen LogP contribution in [-0.2, 0) is 4.79 Å². The molecule has 1 rings (SSSR count). The molecule has 2 heteroatoms. The molecule has 0 spiro atoms. The van der Waals surface area contributed by atoms with Gasteiger partial charge in [0.2, 0.25) is 0 Å². The summed E-state index contributed by atoms with van der Waals surface area (Å²) in [5, 5.41) is 8.74. The Kier molecular flexibility index (Phi) is 2.03. The highest BCUT2D eigenvalue weighted by Gasteiger charge is 2.50. The second kappa shape index (κ2) is 2.68. The van der Waals surface area contributed by atoms with E-state index in [1.54, 1.807) is 6.92 Å². The van der Waals surface area contributed by atoms with Crippen LogP contribution in [0.1, 0.15) is 33.1 Å². The van der Waals surface area contributed by atoms with Crippen LogP contribution in [0.4, 0.5) is 0 Å². The predicted molar refractivity (Wildman–Crippen MR) is 43.4 cm³/mol. The van der Waals surface area contributed by atoms with Gasteiger partial charge in [0.25, 0.3) is 0 Å². The molecule has 1 unspecified atom stereocenters. The third-order valence-electron chi connectivity index (χ3n) is 2.28. The van der Waals surface area contributed by atoms with E-state index in [0.29, 0.717) is 0 Å². The fourth-order valence-electron chi connectivity index (χ4n) is 1.17. The van der Waals surface area contributed by atoms with E-state index in [1.165, 1.54) is 0 Å². The van der Waals surface area contributed by atoms with Crippen LogP contribution < -0.4 is 0 Å². The highest BCUT2D eigenvalue weighted by molar-refractivity contribution is 5.84. The van der Waals surface area contributed by atoms with E-state index in [4.69, 9.17) is 5.11 Å². The Hall–Kier alpha value is -0.790. The standard InChI is InChI=1S/C9H14O2/c1-3-4-5-7-6-9(7,2)8(10)11/h5H,3-4,6H2,1-2H3,(H,10,11). The lowest BCUT2D eigenvalue weighted by Gasteiger charge is -1.96. The zero-order chi connectivity index (χ0) is 8.48. The van der Waals surface area contributed by atoms with E-state index in [1.807, 2.05) is 0 Å². The van der Waals surface area contributed by atoms with Gasteiger partial charge in [0.05, 0.1) is 5.41 Å². The molecule has 1 aliphatic carbocycles. The summed E-state index contributed by atoms with van der Waals surface area (Å²) in [6.07, 6.45) is 4.92. The maximum absolute atomic E-state index is 10.6. The quantitative estimate of drug-likeness (QED) is 0.633. The summed E-state index contributed by atoms with van der Waals surface area (Å²) < 4.78 is 0. The normalized spacial score (nSPS) is 32.4. The first-order valence-electron chi connectivity index (χ1n) is 4.04. The van der Waals surface area contributed by atoms with E-state index in [9.17, 15) is 4.79 Å². The minimum Gasteiger partial charge on any atom is -0.481 e. The first kappa shape index (κ1) is 8.31. The Labute approximate surface area is 66.9 Å². The molecule has 2 nitrogen and oxygen atoms in total. The molecule has 0 aromatic heterocycles. The molecule has 0 saturated heterocycles. The third kappa shape index (κ3) is 1.44. The SMILES string of the molecule is CCCC=C1CC1(C)C(=O)O. The average Bonchev–Trinajstić information content (AvgIpc) is 2.59. The Morgan fingerprint density at radius 1 is 1.82 bits per heavy atom. The van der Waals surface area contributed by atoms with Crippen molar-refractivity contribution in [2.24, 2.45) is 5.41 Å². The number of rotatable bonds is 3. The highest BCUT2D eigenvalue weighted by Crippen LogP contribution is 2.51. The molecule has 1 saturated carbocycles. The summed E-state index contributed by atoms with van der Waals surface area (Å²) in [5.41, 5.74) is 0.599. The summed E-state index contributed by atoms with van der Waals surface area (Å²) in [4.78, 5) is 10.6. The fourth-order valence-corrected chi connectivity index (χ4v) is 1.17. The second-order valence-electron chi connectivity index (χ2n) is 3.33. The van der Waals surface area contributed by atoms with Crippen LogP contribution in [0.2, 0.25) is 0 Å². The van der Waals surface area contributed by atoms with Crippen molar-refractivity contribution in [2.75, 3.05) is 0 Å². The van der Waals surface area contributed by atoms with Gasteiger partial charge in [-0.2, -0.15) is 0 Å². The number of hydrogen-bond acceptors (Lipinski definition) is 1. The van der Waals surface area contributed by atoms with Crippen molar-refractivity contribution in [2.45, 2.75) is 33.1 Å². The van der Waals surface area contributed by atoms with Crippen molar-refractivity contribution in [1.29, 1.82) is 0 Å². The summed E-state index contributed by atoms with van der Waals surface area (Å²) in [6.45, 7) is 3.88. The molecule has 0 radical (unpaired) electrons. The van der Waals surface area contributed by atoms with Gasteiger partial charge in [0.15, 0.2) is 0 Å². The monoisotopic (exact) mass is 154 g/mol. The number of hydrogen-bond donors (Lipinski definition) is 1. The minimum absolute atomic E-state index is 0.505. The fraction of sp³-hybridized carbons (Fsp3) is 0.667. The molecular weight excluding hydrogens is 140 g/mol. The molecule has 1 aliphatic rings. The summed E-state index contributed by atoms with van der Waals surface area (Å²) in [7, 11) is 0. The van der Waals surface area contributed by atoms with Crippen LogP contribution in [-0.4, -0.2) is 11.1 Å². The van der Waals surface area contributed by atoms with Crippen molar-refractivity contribution >= 4 is 5.97 Å². The lowest BCUT2D eigenvalue weighted by molar-refractivity contribution is -0.141. The summed E-state index contributed by atoms with van der Waals surface area (Å²) in [6, 6.07) is 0. The Morgan fingerprint density at radius 3 is 2.82 bits per heavy atom. The Bertz CT molecular complexity index is 206. The molecule has 1 atom stereocenters. The Balaban J connectivity index is 2.52. The van der Waals surface area contributed by atoms with Gasteiger partial charge in [0, 0.05) is 0 Å². The maximum atomic E-state index is 10.6. The van der Waals surface area contributed by atoms with Crippen LogP contribution in [0, 0.1) is 5.41 Å². The lowest BCUT2D eigenvalue weighted by Crippen LogP contribution is -2.09. The number of unbranched alkanes of at least 4 members (excludes halogenated alkanes) is 1. The van der Waals surface area contributed by atoms with Gasteiger partial charge >= 0.3 is 5.97 Å². The van der Waals surface area contributed by atoms with Gasteiger partial charge in [0.1, 0.15) is 0 Å². The topological polar surface area (TPSA) is 37.3 Å². The summed E-state index contributed by atoms with van der Waals surface area (Å²) in [5.74, 6) is -0.681. The van der Waals surface area contributed by atoms with Gasteiger partial charge in [-0.25, -0.2) is 0 Å².